The molecule has 8 aromatic carbocycles. The van der Waals surface area contributed by atoms with Crippen LogP contribution in [0.2, 0.25) is 0 Å². The molecule has 2 aromatic heterocycles. The molecule has 0 N–H and O–H groups in total. The first kappa shape index (κ1) is 29.1. The van der Waals surface area contributed by atoms with E-state index >= 15 is 0 Å². The maximum absolute atomic E-state index is 6.28. The van der Waals surface area contributed by atoms with Crippen LogP contribution in [0, 0.1) is 0 Å². The van der Waals surface area contributed by atoms with E-state index in [4.69, 9.17) is 8.83 Å². The first-order valence-corrected chi connectivity index (χ1v) is 18.1. The Morgan fingerprint density at radius 1 is 0.365 bits per heavy atom. The second-order valence-electron chi connectivity index (χ2n) is 13.9. The third kappa shape index (κ3) is 4.44. The van der Waals surface area contributed by atoms with Crippen LogP contribution in [-0.2, 0) is 6.42 Å². The zero-order valence-electron chi connectivity index (χ0n) is 28.4. The zero-order chi connectivity index (χ0) is 34.2. The van der Waals surface area contributed by atoms with Gasteiger partial charge < -0.3 is 8.83 Å². The summed E-state index contributed by atoms with van der Waals surface area (Å²) in [5.74, 6) is 1.09. The number of para-hydroxylation sites is 1. The molecule has 1 aliphatic carbocycles. The van der Waals surface area contributed by atoms with Crippen LogP contribution in [0.1, 0.15) is 17.7 Å². The van der Waals surface area contributed by atoms with Gasteiger partial charge in [0.2, 0.25) is 0 Å². The summed E-state index contributed by atoms with van der Waals surface area (Å²) < 4.78 is 12.4. The molecular formula is C50H32O2. The van der Waals surface area contributed by atoms with E-state index < -0.39 is 0 Å². The van der Waals surface area contributed by atoms with Crippen molar-refractivity contribution in [1.29, 1.82) is 0 Å². The second kappa shape index (κ2) is 11.4. The van der Waals surface area contributed by atoms with Gasteiger partial charge in [-0.1, -0.05) is 133 Å². The molecule has 0 spiro atoms. The number of aryl methyl sites for hydroxylation is 1. The van der Waals surface area contributed by atoms with Gasteiger partial charge in [0.05, 0.1) is 0 Å². The molecule has 0 fully saturated rings. The Labute approximate surface area is 300 Å². The highest BCUT2D eigenvalue weighted by Crippen LogP contribution is 2.47. The molecule has 2 heterocycles. The molecule has 0 saturated carbocycles. The highest BCUT2D eigenvalue weighted by atomic mass is 16.3. The van der Waals surface area contributed by atoms with Crippen LogP contribution in [0.3, 0.4) is 0 Å². The largest absolute Gasteiger partial charge is 0.460 e. The molecule has 2 heteroatoms. The first-order chi connectivity index (χ1) is 25.8. The number of fused-ring (bicyclic) bond motifs is 8. The fourth-order valence-electron chi connectivity index (χ4n) is 8.56. The number of benzene rings is 8. The van der Waals surface area contributed by atoms with Gasteiger partial charge in [-0.15, -0.1) is 0 Å². The van der Waals surface area contributed by atoms with Crippen molar-refractivity contribution in [3.05, 3.63) is 175 Å². The van der Waals surface area contributed by atoms with Crippen LogP contribution in [0.5, 0.6) is 0 Å². The fraction of sp³-hybridized carbons (Fsp3) is 0.0400. The Bertz CT molecular complexity index is 3020. The van der Waals surface area contributed by atoms with Crippen LogP contribution >= 0.6 is 0 Å². The van der Waals surface area contributed by atoms with Gasteiger partial charge >= 0.3 is 0 Å². The predicted molar refractivity (Wildman–Crippen MR) is 218 cm³/mol. The molecule has 11 rings (SSSR count). The molecule has 0 unspecified atom stereocenters. The van der Waals surface area contributed by atoms with E-state index in [1.807, 2.05) is 12.1 Å². The standard InChI is InChI=1S/C50H32O2/c1-2-17-38(35(14-1)33-25-27-48-44(30-33)37-16-8-10-23-46(37)52-48)50-41-20-5-3-18-39(41)49(40-19-4-6-21-42(40)50)34-13-11-12-31(28-34)32-24-26-47-43(29-32)36-15-7-9-22-45(36)51-47/h1-9,11-22,24-30H,10,23H2. The van der Waals surface area contributed by atoms with E-state index in [1.54, 1.807) is 0 Å². The van der Waals surface area contributed by atoms with Crippen LogP contribution in [0.15, 0.2) is 173 Å². The molecule has 0 saturated heterocycles. The van der Waals surface area contributed by atoms with Crippen molar-refractivity contribution in [2.45, 2.75) is 12.8 Å². The molecule has 244 valence electrons. The quantitative estimate of drug-likeness (QED) is 0.175. The minimum atomic E-state index is 0.912. The van der Waals surface area contributed by atoms with Crippen LogP contribution < -0.4 is 0 Å². The van der Waals surface area contributed by atoms with Crippen LogP contribution in [-0.4, -0.2) is 0 Å². The summed E-state index contributed by atoms with van der Waals surface area (Å²) in [7, 11) is 0. The molecule has 2 nitrogen and oxygen atoms in total. The van der Waals surface area contributed by atoms with Crippen molar-refractivity contribution in [2.75, 3.05) is 0 Å². The van der Waals surface area contributed by atoms with Gasteiger partial charge in [-0.2, -0.15) is 0 Å². The van der Waals surface area contributed by atoms with Crippen molar-refractivity contribution >= 4 is 60.5 Å². The van der Waals surface area contributed by atoms with E-state index in [2.05, 4.69) is 158 Å². The number of allylic oxidation sites excluding steroid dienone is 1. The van der Waals surface area contributed by atoms with E-state index in [9.17, 15) is 0 Å². The summed E-state index contributed by atoms with van der Waals surface area (Å²) in [5.41, 5.74) is 13.7. The summed E-state index contributed by atoms with van der Waals surface area (Å²) in [4.78, 5) is 0. The van der Waals surface area contributed by atoms with Crippen molar-refractivity contribution in [1.82, 2.24) is 0 Å². The summed E-state index contributed by atoms with van der Waals surface area (Å²) in [6, 6.07) is 57.2. The van der Waals surface area contributed by atoms with Crippen molar-refractivity contribution in [2.24, 2.45) is 0 Å². The van der Waals surface area contributed by atoms with Crippen LogP contribution in [0.25, 0.3) is 105 Å². The van der Waals surface area contributed by atoms with E-state index in [-0.39, 0.29) is 0 Å². The maximum Gasteiger partial charge on any atom is 0.135 e. The smallest absolute Gasteiger partial charge is 0.135 e. The van der Waals surface area contributed by atoms with Crippen molar-refractivity contribution in [3.63, 3.8) is 0 Å². The topological polar surface area (TPSA) is 26.3 Å². The highest BCUT2D eigenvalue weighted by Gasteiger charge is 2.21. The SMILES string of the molecule is C1=Cc2c(oc3ccc(-c4ccccc4-c4c5ccccc5c(-c5cccc(-c6ccc7oc8ccccc8c7c6)c5)c5ccccc45)cc23)CC1. The zero-order valence-corrected chi connectivity index (χ0v) is 28.4. The molecule has 0 amide bonds. The Morgan fingerprint density at radius 3 is 1.73 bits per heavy atom. The summed E-state index contributed by atoms with van der Waals surface area (Å²) in [6.45, 7) is 0. The third-order valence-corrected chi connectivity index (χ3v) is 10.9. The predicted octanol–water partition coefficient (Wildman–Crippen LogP) is 14.3. The van der Waals surface area contributed by atoms with Gasteiger partial charge in [0, 0.05) is 28.1 Å². The van der Waals surface area contributed by atoms with Gasteiger partial charge in [0.1, 0.15) is 22.5 Å². The lowest BCUT2D eigenvalue weighted by atomic mass is 9.83. The molecule has 52 heavy (non-hydrogen) atoms. The van der Waals surface area contributed by atoms with Crippen molar-refractivity contribution < 1.29 is 8.83 Å². The average molecular weight is 665 g/mol. The minimum Gasteiger partial charge on any atom is -0.460 e. The summed E-state index contributed by atoms with van der Waals surface area (Å²) in [5, 5.41) is 8.43. The van der Waals surface area contributed by atoms with Gasteiger partial charge in [-0.25, -0.2) is 0 Å². The Morgan fingerprint density at radius 2 is 0.942 bits per heavy atom. The maximum atomic E-state index is 6.28. The molecule has 0 radical (unpaired) electrons. The lowest BCUT2D eigenvalue weighted by Crippen LogP contribution is -1.93. The van der Waals surface area contributed by atoms with Gasteiger partial charge in [0.25, 0.3) is 0 Å². The summed E-state index contributed by atoms with van der Waals surface area (Å²) >= 11 is 0. The average Bonchev–Trinajstić information content (AvgIpc) is 3.77. The molecule has 0 bridgehead atoms. The molecule has 10 aromatic rings. The number of furan rings is 2. The molecular weight excluding hydrogens is 633 g/mol. The van der Waals surface area contributed by atoms with Gasteiger partial charge in [-0.05, 0) is 109 Å². The normalized spacial score (nSPS) is 12.8. The number of hydrogen-bond acceptors (Lipinski definition) is 2. The number of hydrogen-bond donors (Lipinski definition) is 0. The Kier molecular flexibility index (Phi) is 6.41. The third-order valence-electron chi connectivity index (χ3n) is 10.9. The second-order valence-corrected chi connectivity index (χ2v) is 13.9. The Balaban J connectivity index is 1.12. The summed E-state index contributed by atoms with van der Waals surface area (Å²) in [6.07, 6.45) is 6.47. The van der Waals surface area contributed by atoms with Crippen molar-refractivity contribution in [3.8, 4) is 44.5 Å². The minimum absolute atomic E-state index is 0.912. The number of rotatable bonds is 4. The molecule has 1 aliphatic rings. The van der Waals surface area contributed by atoms with E-state index in [1.165, 1.54) is 77.0 Å². The monoisotopic (exact) mass is 664 g/mol. The molecule has 0 atom stereocenters. The lowest BCUT2D eigenvalue weighted by Gasteiger charge is -2.20. The van der Waals surface area contributed by atoms with E-state index in [0.717, 1.165) is 46.1 Å². The first-order valence-electron chi connectivity index (χ1n) is 18.1. The van der Waals surface area contributed by atoms with Gasteiger partial charge in [-0.3, -0.25) is 0 Å². The molecule has 0 aliphatic heterocycles. The van der Waals surface area contributed by atoms with Gasteiger partial charge in [0.15, 0.2) is 0 Å². The Hall–Kier alpha value is -6.64. The van der Waals surface area contributed by atoms with E-state index in [0.29, 0.717) is 0 Å². The van der Waals surface area contributed by atoms with Crippen LogP contribution in [0.4, 0.5) is 0 Å². The highest BCUT2D eigenvalue weighted by molar-refractivity contribution is 6.22. The fourth-order valence-corrected chi connectivity index (χ4v) is 8.56. The lowest BCUT2D eigenvalue weighted by molar-refractivity contribution is 0.546.